The molecule has 9 heteroatoms. The summed E-state index contributed by atoms with van der Waals surface area (Å²) < 4.78 is 5.14. The molecule has 2 atom stereocenters. The number of piperidine rings is 1. The third kappa shape index (κ3) is 4.18. The number of nitrogens with zero attached hydrogens (tertiary/aromatic N) is 2. The molecule has 0 aliphatic carbocycles. The Morgan fingerprint density at radius 3 is 2.41 bits per heavy atom. The second-order valence-corrected chi connectivity index (χ2v) is 8.37. The summed E-state index contributed by atoms with van der Waals surface area (Å²) in [4.78, 5) is 40.9. The number of benzene rings is 1. The first-order valence-corrected chi connectivity index (χ1v) is 9.40. The molecule has 0 radical (unpaired) electrons. The number of nitrogens with one attached hydrogen (secondary N) is 1. The molecular formula is C20H29ClN4O4. The van der Waals surface area contributed by atoms with Gasteiger partial charge in [-0.05, 0) is 36.5 Å². The van der Waals surface area contributed by atoms with Crippen LogP contribution in [0.25, 0.3) is 0 Å². The summed E-state index contributed by atoms with van der Waals surface area (Å²) in [6, 6.07) is 6.38. The molecule has 0 saturated carbocycles. The van der Waals surface area contributed by atoms with E-state index in [1.807, 2.05) is 13.8 Å². The zero-order valence-corrected chi connectivity index (χ0v) is 18.0. The normalized spacial score (nSPS) is 26.0. The number of imide groups is 1. The fraction of sp³-hybridized carbons (Fsp3) is 0.550. The summed E-state index contributed by atoms with van der Waals surface area (Å²) >= 11 is 0. The van der Waals surface area contributed by atoms with Gasteiger partial charge >= 0.3 is 6.03 Å². The van der Waals surface area contributed by atoms with E-state index in [0.29, 0.717) is 30.8 Å². The predicted molar refractivity (Wildman–Crippen MR) is 111 cm³/mol. The number of nitrogens with two attached hydrogens (primary N) is 1. The van der Waals surface area contributed by atoms with Crippen molar-refractivity contribution in [2.24, 2.45) is 11.1 Å². The summed E-state index contributed by atoms with van der Waals surface area (Å²) in [6.45, 7) is 6.44. The summed E-state index contributed by atoms with van der Waals surface area (Å²) in [5.41, 5.74) is 5.34. The quantitative estimate of drug-likeness (QED) is 0.712. The van der Waals surface area contributed by atoms with Gasteiger partial charge in [0, 0.05) is 19.1 Å². The predicted octanol–water partition coefficient (Wildman–Crippen LogP) is 1.47. The number of carbonyl (C=O) groups is 3. The molecule has 0 spiro atoms. The fourth-order valence-electron chi connectivity index (χ4n) is 3.78. The van der Waals surface area contributed by atoms with Crippen molar-refractivity contribution in [1.82, 2.24) is 15.1 Å². The lowest BCUT2D eigenvalue weighted by Gasteiger charge is -2.42. The maximum Gasteiger partial charge on any atom is 0.325 e. The summed E-state index contributed by atoms with van der Waals surface area (Å²) in [5, 5.41) is 2.72. The molecule has 1 aromatic rings. The van der Waals surface area contributed by atoms with E-state index in [1.54, 1.807) is 43.2 Å². The third-order valence-corrected chi connectivity index (χ3v) is 5.90. The SMILES string of the molecule is COc1ccc(C2(C)NC(=O)N(CC(=O)N3CCC(N)C(C)(C)C3)C2=O)cc1.Cl. The molecule has 3 N–H and O–H groups in total. The minimum Gasteiger partial charge on any atom is -0.497 e. The molecule has 1 aromatic carbocycles. The van der Waals surface area contributed by atoms with E-state index in [1.165, 1.54) is 0 Å². The van der Waals surface area contributed by atoms with E-state index >= 15 is 0 Å². The number of likely N-dealkylation sites (tertiary alicyclic amines) is 1. The highest BCUT2D eigenvalue weighted by molar-refractivity contribution is 6.09. The van der Waals surface area contributed by atoms with Crippen molar-refractivity contribution in [3.8, 4) is 5.75 Å². The molecule has 2 aliphatic rings. The maximum absolute atomic E-state index is 13.0. The van der Waals surface area contributed by atoms with Gasteiger partial charge in [-0.2, -0.15) is 0 Å². The zero-order valence-electron chi connectivity index (χ0n) is 17.2. The lowest BCUT2D eigenvalue weighted by atomic mass is 9.79. The topological polar surface area (TPSA) is 105 Å². The second kappa shape index (κ2) is 8.20. The van der Waals surface area contributed by atoms with E-state index in [-0.39, 0.29) is 36.3 Å². The number of halogens is 1. The monoisotopic (exact) mass is 424 g/mol. The van der Waals surface area contributed by atoms with Gasteiger partial charge in [-0.3, -0.25) is 14.5 Å². The van der Waals surface area contributed by atoms with Gasteiger partial charge in [0.2, 0.25) is 5.91 Å². The van der Waals surface area contributed by atoms with E-state index in [2.05, 4.69) is 5.32 Å². The Bertz CT molecular complexity index is 798. The fourth-order valence-corrected chi connectivity index (χ4v) is 3.78. The average molecular weight is 425 g/mol. The maximum atomic E-state index is 13.0. The van der Waals surface area contributed by atoms with Crippen molar-refractivity contribution in [2.45, 2.75) is 38.8 Å². The minimum absolute atomic E-state index is 0. The number of hydrogen-bond donors (Lipinski definition) is 2. The molecule has 2 saturated heterocycles. The number of methoxy groups -OCH3 is 1. The van der Waals surface area contributed by atoms with Crippen LogP contribution >= 0.6 is 12.4 Å². The number of rotatable bonds is 4. The first kappa shape index (κ1) is 23.0. The Morgan fingerprint density at radius 2 is 1.86 bits per heavy atom. The lowest BCUT2D eigenvalue weighted by Crippen LogP contribution is -2.56. The molecule has 160 valence electrons. The smallest absolute Gasteiger partial charge is 0.325 e. The molecule has 0 aromatic heterocycles. The number of carbonyl (C=O) groups excluding carboxylic acids is 3. The highest BCUT2D eigenvalue weighted by Gasteiger charge is 2.50. The molecule has 2 heterocycles. The minimum atomic E-state index is -1.22. The molecular weight excluding hydrogens is 396 g/mol. The van der Waals surface area contributed by atoms with Crippen molar-refractivity contribution in [3.63, 3.8) is 0 Å². The molecule has 3 rings (SSSR count). The van der Waals surface area contributed by atoms with Crippen LogP contribution < -0.4 is 15.8 Å². The Morgan fingerprint density at radius 1 is 1.24 bits per heavy atom. The van der Waals surface area contributed by atoms with Crippen LogP contribution in [-0.4, -0.2) is 60.4 Å². The van der Waals surface area contributed by atoms with Crippen LogP contribution in [0, 0.1) is 5.41 Å². The number of amides is 4. The van der Waals surface area contributed by atoms with Gasteiger partial charge in [0.25, 0.3) is 5.91 Å². The van der Waals surface area contributed by atoms with Crippen molar-refractivity contribution in [3.05, 3.63) is 29.8 Å². The Kier molecular flexibility index (Phi) is 6.49. The largest absolute Gasteiger partial charge is 0.497 e. The van der Waals surface area contributed by atoms with E-state index in [9.17, 15) is 14.4 Å². The highest BCUT2D eigenvalue weighted by Crippen LogP contribution is 2.31. The summed E-state index contributed by atoms with van der Waals surface area (Å²) in [6.07, 6.45) is 0.697. The Balaban J connectivity index is 0.00000300. The van der Waals surface area contributed by atoms with Gasteiger partial charge < -0.3 is 20.7 Å². The molecule has 2 aliphatic heterocycles. The third-order valence-electron chi connectivity index (χ3n) is 5.90. The molecule has 8 nitrogen and oxygen atoms in total. The van der Waals surface area contributed by atoms with Crippen LogP contribution in [0.3, 0.4) is 0 Å². The van der Waals surface area contributed by atoms with Crippen LogP contribution in [0.2, 0.25) is 0 Å². The van der Waals surface area contributed by atoms with Gasteiger partial charge in [0.05, 0.1) is 7.11 Å². The van der Waals surface area contributed by atoms with Crippen LogP contribution in [0.5, 0.6) is 5.75 Å². The molecule has 2 unspecified atom stereocenters. The zero-order chi connectivity index (χ0) is 20.7. The summed E-state index contributed by atoms with van der Waals surface area (Å²) in [7, 11) is 1.56. The molecule has 29 heavy (non-hydrogen) atoms. The molecule has 4 amide bonds. The molecule has 0 bridgehead atoms. The van der Waals surface area contributed by atoms with Gasteiger partial charge in [-0.15, -0.1) is 12.4 Å². The van der Waals surface area contributed by atoms with Crippen LogP contribution in [-0.2, 0) is 15.1 Å². The highest BCUT2D eigenvalue weighted by atomic mass is 35.5. The van der Waals surface area contributed by atoms with E-state index in [4.69, 9.17) is 10.5 Å². The Hall–Kier alpha value is -2.32. The van der Waals surface area contributed by atoms with E-state index in [0.717, 1.165) is 4.90 Å². The average Bonchev–Trinajstić information content (AvgIpc) is 2.88. The van der Waals surface area contributed by atoms with Crippen molar-refractivity contribution >= 4 is 30.3 Å². The second-order valence-electron chi connectivity index (χ2n) is 8.37. The van der Waals surface area contributed by atoms with Crippen molar-refractivity contribution < 1.29 is 19.1 Å². The number of urea groups is 1. The van der Waals surface area contributed by atoms with Gasteiger partial charge in [-0.1, -0.05) is 26.0 Å². The van der Waals surface area contributed by atoms with Crippen molar-refractivity contribution in [1.29, 1.82) is 0 Å². The van der Waals surface area contributed by atoms with Crippen LogP contribution in [0.15, 0.2) is 24.3 Å². The van der Waals surface area contributed by atoms with Gasteiger partial charge in [0.15, 0.2) is 0 Å². The first-order valence-electron chi connectivity index (χ1n) is 9.40. The first-order chi connectivity index (χ1) is 13.1. The molecule has 2 fully saturated rings. The van der Waals surface area contributed by atoms with Gasteiger partial charge in [-0.25, -0.2) is 4.79 Å². The van der Waals surface area contributed by atoms with Crippen molar-refractivity contribution in [2.75, 3.05) is 26.7 Å². The standard InChI is InChI=1S/C20H28N4O4.ClH/c1-19(2)12-23(10-9-15(19)21)16(25)11-24-17(26)20(3,22-18(24)27)13-5-7-14(28-4)8-6-13;/h5-8,15H,9-12,21H2,1-4H3,(H,22,27);1H. The number of hydrogen-bond acceptors (Lipinski definition) is 5. The van der Waals surface area contributed by atoms with E-state index < -0.39 is 17.5 Å². The van der Waals surface area contributed by atoms with Crippen LogP contribution in [0.4, 0.5) is 4.79 Å². The lowest BCUT2D eigenvalue weighted by molar-refractivity contribution is -0.140. The van der Waals surface area contributed by atoms with Gasteiger partial charge in [0.1, 0.15) is 17.8 Å². The van der Waals surface area contributed by atoms with Crippen LogP contribution in [0.1, 0.15) is 32.8 Å². The number of ether oxygens (including phenoxy) is 1. The Labute approximate surface area is 177 Å². The summed E-state index contributed by atoms with van der Waals surface area (Å²) in [5.74, 6) is -0.0338.